The van der Waals surface area contributed by atoms with Crippen molar-refractivity contribution in [3.8, 4) is 5.75 Å². The van der Waals surface area contributed by atoms with Crippen molar-refractivity contribution in [1.82, 2.24) is 0 Å². The zero-order valence-electron chi connectivity index (χ0n) is 14.3. The Morgan fingerprint density at radius 1 is 1.08 bits per heavy atom. The summed E-state index contributed by atoms with van der Waals surface area (Å²) in [6.45, 7) is 3.10. The van der Waals surface area contributed by atoms with Crippen molar-refractivity contribution >= 4 is 35.1 Å². The number of hydrogen-bond acceptors (Lipinski definition) is 5. The van der Waals surface area contributed by atoms with Gasteiger partial charge in [-0.3, -0.25) is 14.4 Å². The van der Waals surface area contributed by atoms with E-state index in [9.17, 15) is 18.8 Å². The van der Waals surface area contributed by atoms with Gasteiger partial charge in [0.25, 0.3) is 0 Å². The van der Waals surface area contributed by atoms with Gasteiger partial charge in [0.2, 0.25) is 5.91 Å². The van der Waals surface area contributed by atoms with Crippen LogP contribution in [0.25, 0.3) is 0 Å². The number of esters is 1. The van der Waals surface area contributed by atoms with Crippen LogP contribution in [0.15, 0.2) is 48.5 Å². The summed E-state index contributed by atoms with van der Waals surface area (Å²) < 4.78 is 18.1. The minimum absolute atomic E-state index is 0.0525. The Bertz CT molecular complexity index is 790. The van der Waals surface area contributed by atoms with E-state index in [4.69, 9.17) is 4.74 Å². The number of hydrogen-bond donors (Lipinski definition) is 1. The van der Waals surface area contributed by atoms with E-state index in [1.165, 1.54) is 31.2 Å². The van der Waals surface area contributed by atoms with Crippen LogP contribution in [0.2, 0.25) is 0 Å². The van der Waals surface area contributed by atoms with Gasteiger partial charge in [0.05, 0.1) is 5.75 Å². The van der Waals surface area contributed by atoms with Gasteiger partial charge >= 0.3 is 5.97 Å². The number of ketones is 1. The fourth-order valence-corrected chi connectivity index (χ4v) is 2.61. The number of carbonyl (C=O) groups excluding carboxylic acids is 3. The van der Waals surface area contributed by atoms with Gasteiger partial charge in [0.1, 0.15) is 16.8 Å². The molecule has 0 saturated carbocycles. The summed E-state index contributed by atoms with van der Waals surface area (Å²) in [5.74, 6) is -0.851. The van der Waals surface area contributed by atoms with Gasteiger partial charge in [-0.2, -0.15) is 0 Å². The molecule has 2 aromatic rings. The number of amides is 1. The third-order valence-corrected chi connectivity index (χ3v) is 4.52. The first-order valence-electron chi connectivity index (χ1n) is 7.85. The standard InChI is InChI=1S/C19H18FNO4S/c1-12(22)14-3-9-17(10-4-14)25-19(24)13(2)26-11-18(23)21-16-7-5-15(20)6-8-16/h3-10,13H,11H2,1-2H3,(H,21,23)/t13-/m1/s1. The highest BCUT2D eigenvalue weighted by atomic mass is 32.2. The first-order chi connectivity index (χ1) is 12.3. The number of carbonyl (C=O) groups is 3. The third-order valence-electron chi connectivity index (χ3n) is 3.40. The number of benzene rings is 2. The molecule has 0 unspecified atom stereocenters. The number of nitrogens with one attached hydrogen (secondary N) is 1. The van der Waals surface area contributed by atoms with Gasteiger partial charge < -0.3 is 10.1 Å². The molecule has 0 heterocycles. The smallest absolute Gasteiger partial charge is 0.324 e. The zero-order chi connectivity index (χ0) is 19.1. The molecule has 136 valence electrons. The van der Waals surface area contributed by atoms with Crippen molar-refractivity contribution in [2.75, 3.05) is 11.1 Å². The van der Waals surface area contributed by atoms with Crippen LogP contribution in [0.3, 0.4) is 0 Å². The van der Waals surface area contributed by atoms with Crippen molar-refractivity contribution in [1.29, 1.82) is 0 Å². The lowest BCUT2D eigenvalue weighted by atomic mass is 10.1. The lowest BCUT2D eigenvalue weighted by Gasteiger charge is -2.11. The molecule has 0 bridgehead atoms. The monoisotopic (exact) mass is 375 g/mol. The molecular formula is C19H18FNO4S. The van der Waals surface area contributed by atoms with Crippen LogP contribution in [0, 0.1) is 5.82 Å². The molecule has 0 spiro atoms. The molecule has 26 heavy (non-hydrogen) atoms. The third kappa shape index (κ3) is 6.00. The largest absolute Gasteiger partial charge is 0.426 e. The molecule has 0 aliphatic heterocycles. The van der Waals surface area contributed by atoms with Crippen molar-refractivity contribution in [3.05, 3.63) is 59.9 Å². The van der Waals surface area contributed by atoms with Crippen molar-refractivity contribution < 1.29 is 23.5 Å². The van der Waals surface area contributed by atoms with E-state index in [-0.39, 0.29) is 23.3 Å². The quantitative estimate of drug-likeness (QED) is 0.454. The van der Waals surface area contributed by atoms with Gasteiger partial charge in [-0.1, -0.05) is 0 Å². The van der Waals surface area contributed by atoms with Crippen LogP contribution in [0.1, 0.15) is 24.2 Å². The van der Waals surface area contributed by atoms with Crippen LogP contribution < -0.4 is 10.1 Å². The maximum Gasteiger partial charge on any atom is 0.324 e. The van der Waals surface area contributed by atoms with E-state index in [1.54, 1.807) is 31.2 Å². The Morgan fingerprint density at radius 2 is 1.69 bits per heavy atom. The molecule has 7 heteroatoms. The van der Waals surface area contributed by atoms with Gasteiger partial charge in [-0.25, -0.2) is 4.39 Å². The van der Waals surface area contributed by atoms with Crippen molar-refractivity contribution in [2.24, 2.45) is 0 Å². The fourth-order valence-electron chi connectivity index (χ4n) is 1.96. The predicted octanol–water partition coefficient (Wildman–Crippen LogP) is 3.69. The molecule has 5 nitrogen and oxygen atoms in total. The summed E-state index contributed by atoms with van der Waals surface area (Å²) in [6.07, 6.45) is 0. The number of halogens is 1. The topological polar surface area (TPSA) is 72.5 Å². The first kappa shape index (κ1) is 19.7. The Hall–Kier alpha value is -2.67. The molecular weight excluding hydrogens is 357 g/mol. The summed E-state index contributed by atoms with van der Waals surface area (Å²) in [5.41, 5.74) is 1.02. The maximum absolute atomic E-state index is 12.8. The summed E-state index contributed by atoms with van der Waals surface area (Å²) in [6, 6.07) is 11.7. The van der Waals surface area contributed by atoms with Crippen molar-refractivity contribution in [3.63, 3.8) is 0 Å². The van der Waals surface area contributed by atoms with E-state index < -0.39 is 11.2 Å². The number of ether oxygens (including phenoxy) is 1. The summed E-state index contributed by atoms with van der Waals surface area (Å²) in [7, 11) is 0. The van der Waals surface area contributed by atoms with Crippen LogP contribution >= 0.6 is 11.8 Å². The Kier molecular flexibility index (Phi) is 6.91. The predicted molar refractivity (Wildman–Crippen MR) is 99.0 cm³/mol. The molecule has 1 atom stereocenters. The molecule has 0 aromatic heterocycles. The molecule has 0 saturated heterocycles. The highest BCUT2D eigenvalue weighted by molar-refractivity contribution is 8.01. The van der Waals surface area contributed by atoms with Gasteiger partial charge in [-0.05, 0) is 62.4 Å². The van der Waals surface area contributed by atoms with Crippen LogP contribution in [-0.2, 0) is 9.59 Å². The van der Waals surface area contributed by atoms with Crippen LogP contribution in [0.5, 0.6) is 5.75 Å². The minimum Gasteiger partial charge on any atom is -0.426 e. The number of thioether (sulfide) groups is 1. The molecule has 0 radical (unpaired) electrons. The molecule has 1 N–H and O–H groups in total. The van der Waals surface area contributed by atoms with Gasteiger partial charge in [0.15, 0.2) is 5.78 Å². The van der Waals surface area contributed by atoms with E-state index in [1.807, 2.05) is 0 Å². The zero-order valence-corrected chi connectivity index (χ0v) is 15.1. The Labute approximate surface area is 154 Å². The van der Waals surface area contributed by atoms with Crippen LogP contribution in [-0.4, -0.2) is 28.7 Å². The molecule has 0 aliphatic carbocycles. The molecule has 0 aliphatic rings. The molecule has 1 amide bonds. The van der Waals surface area contributed by atoms with Gasteiger partial charge in [0, 0.05) is 11.3 Å². The summed E-state index contributed by atoms with van der Waals surface area (Å²) in [5, 5.41) is 2.07. The molecule has 2 aromatic carbocycles. The second-order valence-corrected chi connectivity index (χ2v) is 6.84. The average molecular weight is 375 g/mol. The summed E-state index contributed by atoms with van der Waals surface area (Å²) >= 11 is 1.13. The normalized spacial score (nSPS) is 11.5. The number of rotatable bonds is 7. The van der Waals surface area contributed by atoms with E-state index in [0.29, 0.717) is 17.0 Å². The first-order valence-corrected chi connectivity index (χ1v) is 8.90. The SMILES string of the molecule is CC(=O)c1ccc(OC(=O)[C@@H](C)SCC(=O)Nc2ccc(F)cc2)cc1. The van der Waals surface area contributed by atoms with E-state index in [0.717, 1.165) is 11.8 Å². The Balaban J connectivity index is 1.79. The van der Waals surface area contributed by atoms with E-state index in [2.05, 4.69) is 5.32 Å². The number of anilines is 1. The average Bonchev–Trinajstić information content (AvgIpc) is 2.62. The molecule has 0 fully saturated rings. The lowest BCUT2D eigenvalue weighted by molar-refractivity contribution is -0.133. The second kappa shape index (κ2) is 9.15. The summed E-state index contributed by atoms with van der Waals surface area (Å²) in [4.78, 5) is 35.1. The minimum atomic E-state index is -0.554. The van der Waals surface area contributed by atoms with E-state index >= 15 is 0 Å². The maximum atomic E-state index is 12.8. The van der Waals surface area contributed by atoms with Gasteiger partial charge in [-0.15, -0.1) is 11.8 Å². The highest BCUT2D eigenvalue weighted by Crippen LogP contribution is 2.18. The number of Topliss-reactive ketones (excluding diaryl/α,β-unsaturated/α-hetero) is 1. The second-order valence-electron chi connectivity index (χ2n) is 5.51. The lowest BCUT2D eigenvalue weighted by Crippen LogP contribution is -2.23. The van der Waals surface area contributed by atoms with Crippen molar-refractivity contribution in [2.45, 2.75) is 19.1 Å². The highest BCUT2D eigenvalue weighted by Gasteiger charge is 2.17. The van der Waals surface area contributed by atoms with Crippen LogP contribution in [0.4, 0.5) is 10.1 Å². The molecule has 2 rings (SSSR count). The fraction of sp³-hybridized carbons (Fsp3) is 0.211. The Morgan fingerprint density at radius 3 is 2.27 bits per heavy atom.